The minimum absolute atomic E-state index is 0.0263. The van der Waals surface area contributed by atoms with Gasteiger partial charge in [0.05, 0.1) is 13.2 Å². The van der Waals surface area contributed by atoms with Gasteiger partial charge in [0.2, 0.25) is 0 Å². The van der Waals surface area contributed by atoms with Gasteiger partial charge < -0.3 is 9.84 Å². The van der Waals surface area contributed by atoms with Crippen molar-refractivity contribution >= 4 is 0 Å². The largest absolute Gasteiger partial charge is 0.394 e. The Hall–Kier alpha value is -1.34. The van der Waals surface area contributed by atoms with Crippen molar-refractivity contribution in [3.63, 3.8) is 0 Å². The Kier molecular flexibility index (Phi) is 1.56. The van der Waals surface area contributed by atoms with Gasteiger partial charge in [-0.3, -0.25) is 0 Å². The number of rotatable bonds is 1. The lowest BCUT2D eigenvalue weighted by molar-refractivity contribution is 0.169. The van der Waals surface area contributed by atoms with Gasteiger partial charge in [0.1, 0.15) is 18.2 Å². The highest BCUT2D eigenvalue weighted by Gasteiger charge is 2.51. The van der Waals surface area contributed by atoms with Crippen LogP contribution in [0.3, 0.4) is 0 Å². The molecule has 0 saturated carbocycles. The second kappa shape index (κ2) is 2.61. The highest BCUT2D eigenvalue weighted by atomic mass is 16.6. The van der Waals surface area contributed by atoms with Crippen LogP contribution < -0.4 is 11.4 Å². The molecular formula is C8H11N3O4. The van der Waals surface area contributed by atoms with Crippen LogP contribution in [0.1, 0.15) is 6.04 Å². The molecule has 1 N–H and O–H groups in total. The molecule has 3 heterocycles. The minimum atomic E-state index is -0.426. The fraction of sp³-hybridized carbons (Fsp3) is 0.750. The molecule has 15 heavy (non-hydrogen) atoms. The van der Waals surface area contributed by atoms with Crippen molar-refractivity contribution < 1.29 is 9.84 Å². The van der Waals surface area contributed by atoms with Crippen LogP contribution in [0.15, 0.2) is 9.59 Å². The van der Waals surface area contributed by atoms with Gasteiger partial charge in [-0.15, -0.1) is 0 Å². The molecular weight excluding hydrogens is 202 g/mol. The van der Waals surface area contributed by atoms with E-state index in [1.807, 2.05) is 0 Å². The SMILES string of the molecule is Cn1c(=O)n2n(c1=O)[C@@H](CO)[C@@H]1O[C@@H]1C2. The Bertz CT molecular complexity index is 525. The third-order valence-corrected chi connectivity index (χ3v) is 3.11. The van der Waals surface area contributed by atoms with E-state index in [2.05, 4.69) is 0 Å². The predicted molar refractivity (Wildman–Crippen MR) is 48.7 cm³/mol. The van der Waals surface area contributed by atoms with Crippen LogP contribution in [-0.2, 0) is 18.3 Å². The van der Waals surface area contributed by atoms with Gasteiger partial charge in [0.25, 0.3) is 0 Å². The molecule has 0 aliphatic carbocycles. The lowest BCUT2D eigenvalue weighted by Crippen LogP contribution is -2.40. The van der Waals surface area contributed by atoms with Gasteiger partial charge in [0, 0.05) is 7.05 Å². The fourth-order valence-corrected chi connectivity index (χ4v) is 2.22. The van der Waals surface area contributed by atoms with E-state index in [0.717, 1.165) is 4.57 Å². The van der Waals surface area contributed by atoms with Crippen LogP contribution in [-0.4, -0.2) is 37.9 Å². The van der Waals surface area contributed by atoms with Gasteiger partial charge in [-0.1, -0.05) is 0 Å². The second-order valence-electron chi connectivity index (χ2n) is 3.94. The normalized spacial score (nSPS) is 32.3. The average Bonchev–Trinajstić information content (AvgIpc) is 2.97. The maximum absolute atomic E-state index is 11.7. The number of hydrogen-bond donors (Lipinski definition) is 1. The zero-order chi connectivity index (χ0) is 10.7. The summed E-state index contributed by atoms with van der Waals surface area (Å²) in [5, 5.41) is 9.20. The maximum atomic E-state index is 11.7. The number of aliphatic hydroxyl groups excluding tert-OH is 1. The van der Waals surface area contributed by atoms with E-state index in [-0.39, 0.29) is 24.5 Å². The molecule has 0 unspecified atom stereocenters. The second-order valence-corrected chi connectivity index (χ2v) is 3.94. The topological polar surface area (TPSA) is 81.7 Å². The van der Waals surface area contributed by atoms with Crippen LogP contribution in [0.2, 0.25) is 0 Å². The smallest absolute Gasteiger partial charge is 0.347 e. The molecule has 2 aliphatic rings. The predicted octanol–water partition coefficient (Wildman–Crippen LogP) is -2.34. The monoisotopic (exact) mass is 213 g/mol. The average molecular weight is 213 g/mol. The first-order valence-electron chi connectivity index (χ1n) is 4.80. The van der Waals surface area contributed by atoms with E-state index >= 15 is 0 Å². The minimum Gasteiger partial charge on any atom is -0.394 e. The van der Waals surface area contributed by atoms with Gasteiger partial charge in [-0.2, -0.15) is 0 Å². The number of nitrogens with zero attached hydrogens (tertiary/aromatic N) is 3. The number of hydrogen-bond acceptors (Lipinski definition) is 4. The summed E-state index contributed by atoms with van der Waals surface area (Å²) in [4.78, 5) is 23.3. The van der Waals surface area contributed by atoms with Crippen molar-refractivity contribution in [1.82, 2.24) is 13.9 Å². The Morgan fingerprint density at radius 3 is 2.87 bits per heavy atom. The summed E-state index contributed by atoms with van der Waals surface area (Å²) in [6, 6.07) is -0.426. The van der Waals surface area contributed by atoms with Crippen molar-refractivity contribution in [3.8, 4) is 0 Å². The molecule has 1 aromatic rings. The first-order valence-corrected chi connectivity index (χ1v) is 4.80. The number of ether oxygens (including phenoxy) is 1. The van der Waals surface area contributed by atoms with Crippen LogP contribution in [0, 0.1) is 0 Å². The van der Waals surface area contributed by atoms with E-state index in [4.69, 9.17) is 4.74 Å². The quantitative estimate of drug-likeness (QED) is 0.530. The summed E-state index contributed by atoms with van der Waals surface area (Å²) in [5.41, 5.74) is -0.750. The molecule has 82 valence electrons. The molecule has 0 amide bonds. The summed E-state index contributed by atoms with van der Waals surface area (Å²) in [7, 11) is 1.43. The summed E-state index contributed by atoms with van der Waals surface area (Å²) >= 11 is 0. The summed E-state index contributed by atoms with van der Waals surface area (Å²) in [6.45, 7) is 0.209. The van der Waals surface area contributed by atoms with E-state index < -0.39 is 11.7 Å². The molecule has 0 aromatic carbocycles. The van der Waals surface area contributed by atoms with Crippen molar-refractivity contribution in [3.05, 3.63) is 21.0 Å². The molecule has 1 aromatic heterocycles. The summed E-state index contributed by atoms with van der Waals surface area (Å²) in [5.74, 6) is 0. The van der Waals surface area contributed by atoms with Gasteiger partial charge in [-0.25, -0.2) is 23.5 Å². The first kappa shape index (κ1) is 8.93. The third kappa shape index (κ3) is 0.963. The van der Waals surface area contributed by atoms with Gasteiger partial charge in [-0.05, 0) is 0 Å². The lowest BCUT2D eigenvalue weighted by atomic mass is 10.1. The van der Waals surface area contributed by atoms with Gasteiger partial charge >= 0.3 is 11.4 Å². The van der Waals surface area contributed by atoms with Gasteiger partial charge in [0.15, 0.2) is 0 Å². The Balaban J connectivity index is 2.27. The zero-order valence-corrected chi connectivity index (χ0v) is 8.16. The van der Waals surface area contributed by atoms with E-state index in [0.29, 0.717) is 6.54 Å². The van der Waals surface area contributed by atoms with Crippen LogP contribution in [0.4, 0.5) is 0 Å². The van der Waals surface area contributed by atoms with Crippen LogP contribution in [0.5, 0.6) is 0 Å². The Labute approximate surface area is 84.1 Å². The Morgan fingerprint density at radius 1 is 1.47 bits per heavy atom. The molecule has 0 bridgehead atoms. The lowest BCUT2D eigenvalue weighted by Gasteiger charge is -2.19. The van der Waals surface area contributed by atoms with Crippen molar-refractivity contribution in [2.45, 2.75) is 24.8 Å². The van der Waals surface area contributed by atoms with Crippen LogP contribution in [0.25, 0.3) is 0 Å². The number of epoxide rings is 1. The third-order valence-electron chi connectivity index (χ3n) is 3.11. The molecule has 2 aliphatic heterocycles. The molecule has 0 radical (unpaired) electrons. The van der Waals surface area contributed by atoms with Crippen molar-refractivity contribution in [2.75, 3.05) is 6.61 Å². The highest BCUT2D eigenvalue weighted by Crippen LogP contribution is 2.35. The fourth-order valence-electron chi connectivity index (χ4n) is 2.22. The zero-order valence-electron chi connectivity index (χ0n) is 8.16. The maximum Gasteiger partial charge on any atom is 0.347 e. The highest BCUT2D eigenvalue weighted by molar-refractivity contribution is 4.99. The summed E-state index contributed by atoms with van der Waals surface area (Å²) in [6.07, 6.45) is -0.142. The molecule has 7 heteroatoms. The molecule has 3 rings (SSSR count). The van der Waals surface area contributed by atoms with Crippen molar-refractivity contribution in [2.24, 2.45) is 7.05 Å². The number of fused-ring (bicyclic) bond motifs is 2. The Morgan fingerprint density at radius 2 is 2.20 bits per heavy atom. The van der Waals surface area contributed by atoms with E-state index in [1.54, 1.807) is 0 Å². The first-order chi connectivity index (χ1) is 7.15. The molecule has 3 atom stereocenters. The van der Waals surface area contributed by atoms with E-state index in [1.165, 1.54) is 16.4 Å². The molecule has 0 spiro atoms. The van der Waals surface area contributed by atoms with E-state index in [9.17, 15) is 14.7 Å². The number of aromatic nitrogens is 3. The van der Waals surface area contributed by atoms with Crippen LogP contribution >= 0.6 is 0 Å². The standard InChI is InChI=1S/C8H11N3O4/c1-9-7(13)10-2-5-6(15-5)4(3-12)11(10)8(9)14/h4-6,12H,2-3H2,1H3/t4-,5+,6-/m0/s1. The molecule has 1 fully saturated rings. The summed E-state index contributed by atoms with van der Waals surface area (Å²) < 4.78 is 8.98. The molecule has 7 nitrogen and oxygen atoms in total. The van der Waals surface area contributed by atoms with Crippen molar-refractivity contribution in [1.29, 1.82) is 0 Å². The number of aliphatic hydroxyl groups is 1. The molecule has 1 saturated heterocycles.